The Balaban J connectivity index is 1.30. The Hall–Kier alpha value is -3.59. The lowest BCUT2D eigenvalue weighted by molar-refractivity contribution is -0.121. The lowest BCUT2D eigenvalue weighted by Crippen LogP contribution is -2.39. The second-order valence-corrected chi connectivity index (χ2v) is 9.10. The molecule has 0 radical (unpaired) electrons. The number of nitrogens with one attached hydrogen (secondary N) is 2. The minimum absolute atomic E-state index is 0.00505. The van der Waals surface area contributed by atoms with Gasteiger partial charge in [-0.2, -0.15) is 0 Å². The number of halogens is 1. The van der Waals surface area contributed by atoms with Gasteiger partial charge in [-0.25, -0.2) is 9.37 Å². The number of thiazole rings is 1. The first-order valence-electron chi connectivity index (χ1n) is 11.0. The van der Waals surface area contributed by atoms with Crippen molar-refractivity contribution < 1.29 is 18.8 Å². The van der Waals surface area contributed by atoms with E-state index in [0.29, 0.717) is 16.4 Å². The zero-order chi connectivity index (χ0) is 24.1. The maximum Gasteiger partial charge on any atom is 0.254 e. The molecular formula is C25H25FN4O3S. The molecule has 1 saturated carbocycles. The average Bonchev–Trinajstić information content (AvgIpc) is 3.58. The summed E-state index contributed by atoms with van der Waals surface area (Å²) in [5.74, 6) is -1.26. The van der Waals surface area contributed by atoms with Crippen molar-refractivity contribution in [3.8, 4) is 0 Å². The maximum absolute atomic E-state index is 13.2. The van der Waals surface area contributed by atoms with Crippen molar-refractivity contribution in [1.82, 2.24) is 15.2 Å². The Morgan fingerprint density at radius 1 is 1.09 bits per heavy atom. The fourth-order valence-corrected chi connectivity index (χ4v) is 4.28. The lowest BCUT2D eigenvalue weighted by atomic mass is 10.1. The van der Waals surface area contributed by atoms with Crippen LogP contribution in [0.1, 0.15) is 47.4 Å². The fraction of sp³-hybridized carbons (Fsp3) is 0.280. The molecule has 3 aromatic rings. The number of benzene rings is 2. The molecule has 1 fully saturated rings. The van der Waals surface area contributed by atoms with Crippen LogP contribution in [0.3, 0.4) is 0 Å². The van der Waals surface area contributed by atoms with Crippen LogP contribution in [-0.2, 0) is 16.0 Å². The minimum atomic E-state index is -0.421. The number of carbonyl (C=O) groups excluding carboxylic acids is 3. The van der Waals surface area contributed by atoms with Crippen molar-refractivity contribution in [1.29, 1.82) is 0 Å². The van der Waals surface area contributed by atoms with Crippen molar-refractivity contribution in [2.75, 3.05) is 11.9 Å². The topological polar surface area (TPSA) is 91.4 Å². The van der Waals surface area contributed by atoms with Crippen LogP contribution in [0.25, 0.3) is 0 Å². The van der Waals surface area contributed by atoms with E-state index in [-0.39, 0.29) is 42.8 Å². The predicted molar refractivity (Wildman–Crippen MR) is 128 cm³/mol. The van der Waals surface area contributed by atoms with E-state index in [1.54, 1.807) is 5.38 Å². The Kier molecular flexibility index (Phi) is 7.32. The van der Waals surface area contributed by atoms with Crippen LogP contribution in [0.15, 0.2) is 60.0 Å². The van der Waals surface area contributed by atoms with Crippen LogP contribution in [0, 0.1) is 5.82 Å². The molecule has 9 heteroatoms. The zero-order valence-corrected chi connectivity index (χ0v) is 19.5. The van der Waals surface area contributed by atoms with Gasteiger partial charge >= 0.3 is 0 Å². The number of aromatic nitrogens is 1. The molecule has 176 valence electrons. The normalized spacial score (nSPS) is 13.7. The van der Waals surface area contributed by atoms with Gasteiger partial charge in [0.15, 0.2) is 5.13 Å². The van der Waals surface area contributed by atoms with Gasteiger partial charge in [0.1, 0.15) is 12.4 Å². The number of hydrogen-bond acceptors (Lipinski definition) is 5. The minimum Gasteiger partial charge on any atom is -0.349 e. The summed E-state index contributed by atoms with van der Waals surface area (Å²) in [6.07, 6.45) is 1.76. The van der Waals surface area contributed by atoms with E-state index in [1.165, 1.54) is 40.5 Å². The first kappa shape index (κ1) is 23.6. The van der Waals surface area contributed by atoms with E-state index < -0.39 is 5.82 Å². The summed E-state index contributed by atoms with van der Waals surface area (Å²) < 4.78 is 13.2. The van der Waals surface area contributed by atoms with Crippen LogP contribution in [0.4, 0.5) is 9.52 Å². The highest BCUT2D eigenvalue weighted by molar-refractivity contribution is 7.13. The molecule has 3 amide bonds. The third kappa shape index (κ3) is 6.26. The first-order chi connectivity index (χ1) is 16.4. The Bertz CT molecular complexity index is 1160. The second-order valence-electron chi connectivity index (χ2n) is 8.24. The van der Waals surface area contributed by atoms with Crippen molar-refractivity contribution in [3.63, 3.8) is 0 Å². The highest BCUT2D eigenvalue weighted by atomic mass is 32.1. The molecule has 0 aliphatic heterocycles. The molecule has 0 saturated heterocycles. The molecule has 0 bridgehead atoms. The molecule has 7 nitrogen and oxygen atoms in total. The van der Waals surface area contributed by atoms with E-state index in [2.05, 4.69) is 15.6 Å². The van der Waals surface area contributed by atoms with Crippen LogP contribution in [0.2, 0.25) is 0 Å². The smallest absolute Gasteiger partial charge is 0.254 e. The largest absolute Gasteiger partial charge is 0.349 e. The summed E-state index contributed by atoms with van der Waals surface area (Å²) in [6, 6.07) is 14.8. The van der Waals surface area contributed by atoms with Gasteiger partial charge in [-0.1, -0.05) is 30.3 Å². The van der Waals surface area contributed by atoms with E-state index in [0.717, 1.165) is 18.4 Å². The highest BCUT2D eigenvalue weighted by Gasteiger charge is 2.34. The molecule has 4 rings (SSSR count). The molecule has 1 aromatic heterocycles. The van der Waals surface area contributed by atoms with E-state index >= 15 is 0 Å². The van der Waals surface area contributed by atoms with Crippen molar-refractivity contribution in [2.24, 2.45) is 0 Å². The van der Waals surface area contributed by atoms with Gasteiger partial charge in [-0.15, -0.1) is 11.3 Å². The summed E-state index contributed by atoms with van der Waals surface area (Å²) in [5, 5.41) is 7.75. The van der Waals surface area contributed by atoms with E-state index in [4.69, 9.17) is 0 Å². The summed E-state index contributed by atoms with van der Waals surface area (Å²) in [6.45, 7) is 1.80. The summed E-state index contributed by atoms with van der Waals surface area (Å²) in [7, 11) is 0. The summed E-state index contributed by atoms with van der Waals surface area (Å²) in [4.78, 5) is 43.6. The van der Waals surface area contributed by atoms with Gasteiger partial charge in [-0.3, -0.25) is 14.4 Å². The molecule has 0 spiro atoms. The summed E-state index contributed by atoms with van der Waals surface area (Å²) in [5.41, 5.74) is 1.91. The molecule has 1 heterocycles. The molecule has 1 unspecified atom stereocenters. The fourth-order valence-electron chi connectivity index (χ4n) is 3.55. The van der Waals surface area contributed by atoms with Crippen LogP contribution in [0.5, 0.6) is 0 Å². The molecule has 34 heavy (non-hydrogen) atoms. The molecule has 1 aliphatic carbocycles. The number of carbonyl (C=O) groups is 3. The van der Waals surface area contributed by atoms with Crippen LogP contribution in [-0.4, -0.2) is 40.2 Å². The molecule has 1 atom stereocenters. The van der Waals surface area contributed by atoms with Gasteiger partial charge in [0.25, 0.3) is 5.91 Å². The average molecular weight is 481 g/mol. The Morgan fingerprint density at radius 2 is 1.79 bits per heavy atom. The van der Waals surface area contributed by atoms with E-state index in [9.17, 15) is 18.8 Å². The third-order valence-corrected chi connectivity index (χ3v) is 6.28. The Morgan fingerprint density at radius 3 is 2.47 bits per heavy atom. The number of rotatable bonds is 9. The molecule has 2 aromatic carbocycles. The van der Waals surface area contributed by atoms with Crippen molar-refractivity contribution in [2.45, 2.75) is 38.3 Å². The predicted octanol–water partition coefficient (Wildman–Crippen LogP) is 3.95. The standard InChI is InChI=1S/C25H25FN4O3S/c1-16(17-5-3-2-4-6-17)27-22(31)13-20-15-34-25(28-20)29-23(32)14-30(21-11-12-21)24(33)18-7-9-19(26)10-8-18/h2-10,15-16,21H,11-14H2,1H3,(H,27,31)(H,28,29,32). The highest BCUT2D eigenvalue weighted by Crippen LogP contribution is 2.28. The van der Waals surface area contributed by atoms with Gasteiger partial charge in [0.2, 0.25) is 11.8 Å². The van der Waals surface area contributed by atoms with Gasteiger partial charge in [0, 0.05) is 17.0 Å². The van der Waals surface area contributed by atoms with Crippen molar-refractivity contribution >= 4 is 34.2 Å². The SMILES string of the molecule is CC(NC(=O)Cc1csc(NC(=O)CN(C(=O)c2ccc(F)cc2)C2CC2)n1)c1ccccc1. The van der Waals surface area contributed by atoms with Gasteiger partial charge in [0.05, 0.1) is 18.2 Å². The second kappa shape index (κ2) is 10.6. The lowest BCUT2D eigenvalue weighted by Gasteiger charge is -2.21. The molecule has 2 N–H and O–H groups in total. The van der Waals surface area contributed by atoms with Crippen molar-refractivity contribution in [3.05, 3.63) is 82.6 Å². The van der Waals surface area contributed by atoms with Gasteiger partial charge < -0.3 is 15.5 Å². The number of hydrogen-bond donors (Lipinski definition) is 2. The Labute approximate surface area is 201 Å². The van der Waals surface area contributed by atoms with Crippen LogP contribution >= 0.6 is 11.3 Å². The van der Waals surface area contributed by atoms with Crippen LogP contribution < -0.4 is 10.6 Å². The quantitative estimate of drug-likeness (QED) is 0.485. The number of anilines is 1. The first-order valence-corrected chi connectivity index (χ1v) is 11.9. The molecular weight excluding hydrogens is 455 g/mol. The third-order valence-electron chi connectivity index (χ3n) is 5.47. The van der Waals surface area contributed by atoms with Gasteiger partial charge in [-0.05, 0) is 49.6 Å². The summed E-state index contributed by atoms with van der Waals surface area (Å²) >= 11 is 1.22. The number of nitrogens with zero attached hydrogens (tertiary/aromatic N) is 2. The zero-order valence-electron chi connectivity index (χ0n) is 18.7. The monoisotopic (exact) mass is 480 g/mol. The van der Waals surface area contributed by atoms with E-state index in [1.807, 2.05) is 37.3 Å². The maximum atomic E-state index is 13.2. The molecule has 1 aliphatic rings. The number of amides is 3.